The highest BCUT2D eigenvalue weighted by molar-refractivity contribution is 7.92. The van der Waals surface area contributed by atoms with Crippen LogP contribution in [0.5, 0.6) is 0 Å². The van der Waals surface area contributed by atoms with Gasteiger partial charge in [-0.2, -0.15) is 0 Å². The lowest BCUT2D eigenvalue weighted by Crippen LogP contribution is -2.14. The van der Waals surface area contributed by atoms with Gasteiger partial charge in [0.25, 0.3) is 10.0 Å². The van der Waals surface area contributed by atoms with Gasteiger partial charge in [-0.3, -0.25) is 4.72 Å². The smallest absolute Gasteiger partial charge is 0.263 e. The molecule has 0 saturated carbocycles. The molecule has 124 valence electrons. The van der Waals surface area contributed by atoms with Crippen molar-refractivity contribution in [2.75, 3.05) is 16.6 Å². The molecule has 2 rings (SSSR count). The summed E-state index contributed by atoms with van der Waals surface area (Å²) >= 11 is 5.76. The minimum Gasteiger partial charge on any atom is -0.369 e. The summed E-state index contributed by atoms with van der Waals surface area (Å²) in [4.78, 5) is 0.114. The van der Waals surface area contributed by atoms with Crippen molar-refractivity contribution in [2.45, 2.75) is 25.2 Å². The molecular formula is C15H19ClN4O2S. The highest BCUT2D eigenvalue weighted by atomic mass is 35.5. The Labute approximate surface area is 141 Å². The fourth-order valence-electron chi connectivity index (χ4n) is 1.78. The molecule has 0 saturated heterocycles. The molecule has 6 nitrogen and oxygen atoms in total. The Hall–Kier alpha value is -1.86. The second-order valence-corrected chi connectivity index (χ2v) is 7.59. The molecular weight excluding hydrogens is 336 g/mol. The van der Waals surface area contributed by atoms with Crippen molar-refractivity contribution < 1.29 is 8.42 Å². The lowest BCUT2D eigenvalue weighted by atomic mass is 10.1. The molecule has 0 bridgehead atoms. The van der Waals surface area contributed by atoms with Gasteiger partial charge in [0.1, 0.15) is 5.82 Å². The van der Waals surface area contributed by atoms with E-state index in [1.807, 2.05) is 0 Å². The Bertz CT molecular complexity index is 731. The van der Waals surface area contributed by atoms with Crippen molar-refractivity contribution in [1.29, 1.82) is 0 Å². The van der Waals surface area contributed by atoms with Gasteiger partial charge in [-0.1, -0.05) is 25.4 Å². The van der Waals surface area contributed by atoms with Crippen LogP contribution < -0.4 is 10.0 Å². The second kappa shape index (κ2) is 7.61. The average molecular weight is 355 g/mol. The Morgan fingerprint density at radius 2 is 1.65 bits per heavy atom. The first-order valence-electron chi connectivity index (χ1n) is 7.23. The zero-order chi connectivity index (χ0) is 16.9. The van der Waals surface area contributed by atoms with Gasteiger partial charge in [-0.15, -0.1) is 10.2 Å². The number of nitrogens with zero attached hydrogens (tertiary/aromatic N) is 2. The molecule has 8 heteroatoms. The molecule has 0 aliphatic rings. The van der Waals surface area contributed by atoms with E-state index >= 15 is 0 Å². The summed E-state index contributed by atoms with van der Waals surface area (Å²) in [5.41, 5.74) is 0. The zero-order valence-corrected chi connectivity index (χ0v) is 14.5. The lowest BCUT2D eigenvalue weighted by Gasteiger charge is -2.09. The van der Waals surface area contributed by atoms with Crippen molar-refractivity contribution in [3.8, 4) is 0 Å². The summed E-state index contributed by atoms with van der Waals surface area (Å²) in [6.07, 6.45) is 1.02. The molecule has 1 aromatic heterocycles. The van der Waals surface area contributed by atoms with E-state index in [0.717, 1.165) is 13.0 Å². The van der Waals surface area contributed by atoms with E-state index in [1.54, 1.807) is 12.1 Å². The van der Waals surface area contributed by atoms with Gasteiger partial charge in [-0.25, -0.2) is 8.42 Å². The highest BCUT2D eigenvalue weighted by Gasteiger charge is 2.14. The standard InChI is InChI=1S/C15H19ClN4O2S/c1-11(2)9-10-17-14-7-8-15(19-18-14)20-23(21,22)13-5-3-12(16)4-6-13/h3-8,11H,9-10H2,1-2H3,(H,17,18)(H,19,20). The summed E-state index contributed by atoms with van der Waals surface area (Å²) in [6.45, 7) is 5.08. The van der Waals surface area contributed by atoms with Crippen LogP contribution in [0.25, 0.3) is 0 Å². The number of aromatic nitrogens is 2. The van der Waals surface area contributed by atoms with Crippen LogP contribution >= 0.6 is 11.6 Å². The number of hydrogen-bond acceptors (Lipinski definition) is 5. The van der Waals surface area contributed by atoms with Gasteiger partial charge in [0.05, 0.1) is 4.90 Å². The van der Waals surface area contributed by atoms with Gasteiger partial charge in [0.2, 0.25) is 0 Å². The van der Waals surface area contributed by atoms with Crippen LogP contribution in [0.2, 0.25) is 5.02 Å². The number of nitrogens with one attached hydrogen (secondary N) is 2. The molecule has 1 heterocycles. The van der Waals surface area contributed by atoms with Crippen LogP contribution in [0.3, 0.4) is 0 Å². The van der Waals surface area contributed by atoms with E-state index in [0.29, 0.717) is 16.8 Å². The third-order valence-corrected chi connectivity index (χ3v) is 4.68. The third kappa shape index (κ3) is 5.37. The van der Waals surface area contributed by atoms with Gasteiger partial charge >= 0.3 is 0 Å². The number of halogens is 1. The van der Waals surface area contributed by atoms with Crippen molar-refractivity contribution in [1.82, 2.24) is 10.2 Å². The van der Waals surface area contributed by atoms with Crippen molar-refractivity contribution in [3.63, 3.8) is 0 Å². The summed E-state index contributed by atoms with van der Waals surface area (Å²) in [5, 5.41) is 11.4. The van der Waals surface area contributed by atoms with E-state index in [4.69, 9.17) is 11.6 Å². The van der Waals surface area contributed by atoms with E-state index in [9.17, 15) is 8.42 Å². The molecule has 0 atom stereocenters. The molecule has 0 spiro atoms. The zero-order valence-electron chi connectivity index (χ0n) is 13.0. The summed E-state index contributed by atoms with van der Waals surface area (Å²) < 4.78 is 26.8. The first-order chi connectivity index (χ1) is 10.9. The van der Waals surface area contributed by atoms with Gasteiger partial charge < -0.3 is 5.32 Å². The second-order valence-electron chi connectivity index (χ2n) is 5.47. The molecule has 2 N–H and O–H groups in total. The molecule has 0 aliphatic heterocycles. The summed E-state index contributed by atoms with van der Waals surface area (Å²) in [7, 11) is -3.70. The molecule has 1 aromatic carbocycles. The van der Waals surface area contributed by atoms with Crippen LogP contribution in [0, 0.1) is 5.92 Å². The average Bonchev–Trinajstić information content (AvgIpc) is 2.49. The minimum absolute atomic E-state index is 0.114. The monoisotopic (exact) mass is 354 g/mol. The molecule has 0 aliphatic carbocycles. The first kappa shape index (κ1) is 17.5. The largest absolute Gasteiger partial charge is 0.369 e. The van der Waals surface area contributed by atoms with E-state index in [-0.39, 0.29) is 10.7 Å². The summed E-state index contributed by atoms with van der Waals surface area (Å²) in [5.74, 6) is 1.37. The van der Waals surface area contributed by atoms with Crippen LogP contribution in [0.15, 0.2) is 41.3 Å². The predicted octanol–water partition coefficient (Wildman–Crippen LogP) is 3.39. The number of hydrogen-bond donors (Lipinski definition) is 2. The maximum absolute atomic E-state index is 12.2. The lowest BCUT2D eigenvalue weighted by molar-refractivity contribution is 0.600. The first-order valence-corrected chi connectivity index (χ1v) is 9.09. The molecule has 0 fully saturated rings. The number of rotatable bonds is 7. The third-order valence-electron chi connectivity index (χ3n) is 3.06. The predicted molar refractivity (Wildman–Crippen MR) is 92.2 cm³/mol. The Balaban J connectivity index is 2.01. The molecule has 23 heavy (non-hydrogen) atoms. The maximum atomic E-state index is 12.2. The molecule has 0 radical (unpaired) electrons. The maximum Gasteiger partial charge on any atom is 0.263 e. The fourth-order valence-corrected chi connectivity index (χ4v) is 2.90. The number of sulfonamides is 1. The number of benzene rings is 1. The Morgan fingerprint density at radius 3 is 2.22 bits per heavy atom. The van der Waals surface area contributed by atoms with E-state index in [2.05, 4.69) is 34.1 Å². The summed E-state index contributed by atoms with van der Waals surface area (Å²) in [6, 6.07) is 9.15. The molecule has 2 aromatic rings. The van der Waals surface area contributed by atoms with Crippen LogP contribution in [0.1, 0.15) is 20.3 Å². The fraction of sp³-hybridized carbons (Fsp3) is 0.333. The van der Waals surface area contributed by atoms with Crippen molar-refractivity contribution in [3.05, 3.63) is 41.4 Å². The SMILES string of the molecule is CC(C)CCNc1ccc(NS(=O)(=O)c2ccc(Cl)cc2)nn1. The highest BCUT2D eigenvalue weighted by Crippen LogP contribution is 2.17. The number of anilines is 2. The topological polar surface area (TPSA) is 84.0 Å². The van der Waals surface area contributed by atoms with Crippen LogP contribution in [-0.2, 0) is 10.0 Å². The Morgan fingerprint density at radius 1 is 1.04 bits per heavy atom. The molecule has 0 amide bonds. The van der Waals surface area contributed by atoms with Crippen LogP contribution in [-0.4, -0.2) is 25.2 Å². The van der Waals surface area contributed by atoms with Crippen molar-refractivity contribution in [2.24, 2.45) is 5.92 Å². The van der Waals surface area contributed by atoms with E-state index in [1.165, 1.54) is 24.3 Å². The van der Waals surface area contributed by atoms with Gasteiger partial charge in [0.15, 0.2) is 5.82 Å². The van der Waals surface area contributed by atoms with Gasteiger partial charge in [-0.05, 0) is 48.7 Å². The van der Waals surface area contributed by atoms with Crippen molar-refractivity contribution >= 4 is 33.3 Å². The Kier molecular flexibility index (Phi) is 5.79. The van der Waals surface area contributed by atoms with Gasteiger partial charge in [0, 0.05) is 11.6 Å². The van der Waals surface area contributed by atoms with E-state index < -0.39 is 10.0 Å². The normalized spacial score (nSPS) is 11.5. The quantitative estimate of drug-likeness (QED) is 0.796. The van der Waals surface area contributed by atoms with Crippen LogP contribution in [0.4, 0.5) is 11.6 Å². The minimum atomic E-state index is -3.70. The molecule has 0 unspecified atom stereocenters.